The minimum absolute atomic E-state index is 0.247. The van der Waals surface area contributed by atoms with Crippen LogP contribution < -0.4 is 11.3 Å². The summed E-state index contributed by atoms with van der Waals surface area (Å²) in [7, 11) is 0. The predicted octanol–water partition coefficient (Wildman–Crippen LogP) is 3.68. The second kappa shape index (κ2) is 7.02. The second-order valence-corrected chi connectivity index (χ2v) is 6.24. The van der Waals surface area contributed by atoms with Crippen LogP contribution in [0, 0.1) is 13.8 Å². The lowest BCUT2D eigenvalue weighted by Gasteiger charge is -2.18. The van der Waals surface area contributed by atoms with Gasteiger partial charge in [-0.2, -0.15) is 0 Å². The molecule has 2 aromatic rings. The van der Waals surface area contributed by atoms with Crippen molar-refractivity contribution < 1.29 is 0 Å². The molecule has 0 heterocycles. The Morgan fingerprint density at radius 3 is 2.40 bits per heavy atom. The molecule has 0 radical (unpaired) electrons. The van der Waals surface area contributed by atoms with Gasteiger partial charge in [0, 0.05) is 10.5 Å². The number of hydrogen-bond donors (Lipinski definition) is 2. The van der Waals surface area contributed by atoms with Crippen molar-refractivity contribution in [2.75, 3.05) is 0 Å². The molecule has 2 nitrogen and oxygen atoms in total. The maximum atomic E-state index is 5.73. The zero-order chi connectivity index (χ0) is 14.5. The van der Waals surface area contributed by atoms with Crippen LogP contribution in [-0.2, 0) is 12.8 Å². The molecule has 0 amide bonds. The van der Waals surface area contributed by atoms with Crippen molar-refractivity contribution in [1.82, 2.24) is 5.43 Å². The van der Waals surface area contributed by atoms with E-state index in [1.807, 2.05) is 0 Å². The maximum Gasteiger partial charge on any atom is 0.0291 e. The van der Waals surface area contributed by atoms with Gasteiger partial charge in [0.1, 0.15) is 0 Å². The van der Waals surface area contributed by atoms with Crippen molar-refractivity contribution in [2.24, 2.45) is 5.84 Å². The first-order valence-electron chi connectivity index (χ1n) is 6.85. The molecule has 0 saturated carbocycles. The quantitative estimate of drug-likeness (QED) is 0.647. The summed E-state index contributed by atoms with van der Waals surface area (Å²) in [5.74, 6) is 5.73. The van der Waals surface area contributed by atoms with Gasteiger partial charge >= 0.3 is 0 Å². The number of benzene rings is 2. The molecule has 1 unspecified atom stereocenters. The Labute approximate surface area is 129 Å². The normalized spacial score (nSPS) is 12.4. The van der Waals surface area contributed by atoms with Crippen molar-refractivity contribution >= 4 is 15.9 Å². The minimum atomic E-state index is 0.247. The molecule has 106 valence electrons. The van der Waals surface area contributed by atoms with E-state index in [9.17, 15) is 0 Å². The highest BCUT2D eigenvalue weighted by molar-refractivity contribution is 9.10. The topological polar surface area (TPSA) is 38.0 Å². The SMILES string of the molecule is Cc1ccc(C)c(CC(Cc2ccc(Br)cc2)NN)c1. The van der Waals surface area contributed by atoms with Gasteiger partial charge in [0.05, 0.1) is 0 Å². The molecule has 2 rings (SSSR count). The highest BCUT2D eigenvalue weighted by Gasteiger charge is 2.10. The second-order valence-electron chi connectivity index (χ2n) is 5.33. The standard InChI is InChI=1S/C17H21BrN2/c1-12-3-4-13(2)15(9-12)11-17(20-19)10-14-5-7-16(18)8-6-14/h3-9,17,20H,10-11,19H2,1-2H3. The zero-order valence-electron chi connectivity index (χ0n) is 12.0. The van der Waals surface area contributed by atoms with Crippen molar-refractivity contribution in [3.8, 4) is 0 Å². The lowest BCUT2D eigenvalue weighted by molar-refractivity contribution is 0.521. The van der Waals surface area contributed by atoms with E-state index in [1.165, 1.54) is 22.3 Å². The molecule has 0 aliphatic carbocycles. The van der Waals surface area contributed by atoms with Crippen LogP contribution in [0.3, 0.4) is 0 Å². The van der Waals surface area contributed by atoms with Gasteiger partial charge in [-0.25, -0.2) is 0 Å². The van der Waals surface area contributed by atoms with Gasteiger partial charge in [-0.15, -0.1) is 0 Å². The van der Waals surface area contributed by atoms with E-state index < -0.39 is 0 Å². The monoisotopic (exact) mass is 332 g/mol. The summed E-state index contributed by atoms with van der Waals surface area (Å²) in [4.78, 5) is 0. The van der Waals surface area contributed by atoms with Gasteiger partial charge in [0.25, 0.3) is 0 Å². The Hall–Kier alpha value is -1.16. The molecule has 2 aromatic carbocycles. The smallest absolute Gasteiger partial charge is 0.0291 e. The molecule has 0 aliphatic rings. The molecule has 3 heteroatoms. The third-order valence-electron chi connectivity index (χ3n) is 3.60. The van der Waals surface area contributed by atoms with Crippen LogP contribution in [0.4, 0.5) is 0 Å². The lowest BCUT2D eigenvalue weighted by Crippen LogP contribution is -2.38. The Kier molecular flexibility index (Phi) is 5.35. The zero-order valence-corrected chi connectivity index (χ0v) is 13.6. The number of hydrazine groups is 1. The Balaban J connectivity index is 2.08. The van der Waals surface area contributed by atoms with Gasteiger partial charge in [-0.1, -0.05) is 51.8 Å². The first-order chi connectivity index (χ1) is 9.58. The predicted molar refractivity (Wildman–Crippen MR) is 88.6 cm³/mol. The molecule has 1 atom stereocenters. The summed E-state index contributed by atoms with van der Waals surface area (Å²) >= 11 is 3.46. The van der Waals surface area contributed by atoms with Crippen LogP contribution in [0.1, 0.15) is 22.3 Å². The molecule has 0 bridgehead atoms. The molecule has 0 aromatic heterocycles. The summed E-state index contributed by atoms with van der Waals surface area (Å²) in [5.41, 5.74) is 8.23. The molecule has 3 N–H and O–H groups in total. The molecule has 0 saturated heterocycles. The lowest BCUT2D eigenvalue weighted by atomic mass is 9.95. The van der Waals surface area contributed by atoms with Crippen LogP contribution in [-0.4, -0.2) is 6.04 Å². The third kappa shape index (κ3) is 4.17. The fourth-order valence-corrected chi connectivity index (χ4v) is 2.64. The first kappa shape index (κ1) is 15.2. The maximum absolute atomic E-state index is 5.73. The van der Waals surface area contributed by atoms with Crippen LogP contribution >= 0.6 is 15.9 Å². The van der Waals surface area contributed by atoms with E-state index in [2.05, 4.69) is 77.7 Å². The van der Waals surface area contributed by atoms with Crippen LogP contribution in [0.15, 0.2) is 46.9 Å². The summed E-state index contributed by atoms with van der Waals surface area (Å²) < 4.78 is 1.10. The third-order valence-corrected chi connectivity index (χ3v) is 4.13. The van der Waals surface area contributed by atoms with E-state index in [1.54, 1.807) is 0 Å². The van der Waals surface area contributed by atoms with Crippen LogP contribution in [0.5, 0.6) is 0 Å². The summed E-state index contributed by atoms with van der Waals surface area (Å²) in [6.45, 7) is 4.28. The molecule has 0 spiro atoms. The van der Waals surface area contributed by atoms with Crippen LogP contribution in [0.25, 0.3) is 0 Å². The highest BCUT2D eigenvalue weighted by Crippen LogP contribution is 2.16. The molecular weight excluding hydrogens is 312 g/mol. The minimum Gasteiger partial charge on any atom is -0.271 e. The molecule has 20 heavy (non-hydrogen) atoms. The van der Waals surface area contributed by atoms with Gasteiger partial charge in [-0.05, 0) is 55.5 Å². The highest BCUT2D eigenvalue weighted by atomic mass is 79.9. The summed E-state index contributed by atoms with van der Waals surface area (Å²) in [6.07, 6.45) is 1.87. The van der Waals surface area contributed by atoms with Gasteiger partial charge in [0.15, 0.2) is 0 Å². The average molecular weight is 333 g/mol. The number of hydrogen-bond acceptors (Lipinski definition) is 2. The summed E-state index contributed by atoms with van der Waals surface area (Å²) in [5, 5.41) is 0. The number of nitrogens with one attached hydrogen (secondary N) is 1. The number of nitrogens with two attached hydrogens (primary N) is 1. The Morgan fingerprint density at radius 1 is 1.05 bits per heavy atom. The van der Waals surface area contributed by atoms with Gasteiger partial charge in [0.2, 0.25) is 0 Å². The molecule has 0 aliphatic heterocycles. The number of aryl methyl sites for hydroxylation is 2. The Bertz CT molecular complexity index is 564. The first-order valence-corrected chi connectivity index (χ1v) is 7.64. The number of halogens is 1. The molecule has 0 fully saturated rings. The summed E-state index contributed by atoms with van der Waals surface area (Å²) in [6, 6.07) is 15.2. The van der Waals surface area contributed by atoms with Crippen LogP contribution in [0.2, 0.25) is 0 Å². The Morgan fingerprint density at radius 2 is 1.75 bits per heavy atom. The number of rotatable bonds is 5. The van der Waals surface area contributed by atoms with Gasteiger partial charge < -0.3 is 0 Å². The van der Waals surface area contributed by atoms with E-state index in [0.717, 1.165) is 17.3 Å². The van der Waals surface area contributed by atoms with Gasteiger partial charge in [-0.3, -0.25) is 11.3 Å². The largest absolute Gasteiger partial charge is 0.271 e. The van der Waals surface area contributed by atoms with E-state index >= 15 is 0 Å². The van der Waals surface area contributed by atoms with E-state index in [-0.39, 0.29) is 6.04 Å². The van der Waals surface area contributed by atoms with Crippen molar-refractivity contribution in [3.63, 3.8) is 0 Å². The molecular formula is C17H21BrN2. The fraction of sp³-hybridized carbons (Fsp3) is 0.294. The van der Waals surface area contributed by atoms with E-state index in [0.29, 0.717) is 0 Å². The fourth-order valence-electron chi connectivity index (χ4n) is 2.38. The van der Waals surface area contributed by atoms with Crippen molar-refractivity contribution in [1.29, 1.82) is 0 Å². The van der Waals surface area contributed by atoms with Crippen molar-refractivity contribution in [3.05, 3.63) is 69.2 Å². The average Bonchev–Trinajstić information content (AvgIpc) is 2.44. The van der Waals surface area contributed by atoms with E-state index in [4.69, 9.17) is 5.84 Å². The van der Waals surface area contributed by atoms with Crippen molar-refractivity contribution in [2.45, 2.75) is 32.7 Å².